The molecular formula is C12H15FO2. The minimum absolute atomic E-state index is 0.197. The second-order valence-corrected chi connectivity index (χ2v) is 3.53. The normalized spacial score (nSPS) is 12.3. The van der Waals surface area contributed by atoms with E-state index < -0.39 is 11.9 Å². The number of rotatable bonds is 4. The highest BCUT2D eigenvalue weighted by Gasteiger charge is 2.17. The molecule has 1 aromatic carbocycles. The number of methoxy groups -OCH3 is 1. The quantitative estimate of drug-likeness (QED) is 0.774. The van der Waals surface area contributed by atoms with Crippen molar-refractivity contribution >= 4 is 0 Å². The molecule has 0 aliphatic heterocycles. The highest BCUT2D eigenvalue weighted by molar-refractivity contribution is 5.36. The number of aliphatic hydroxyl groups is 1. The largest absolute Gasteiger partial charge is 0.496 e. The second kappa shape index (κ2) is 4.94. The summed E-state index contributed by atoms with van der Waals surface area (Å²) >= 11 is 0. The van der Waals surface area contributed by atoms with Crippen LogP contribution < -0.4 is 4.74 Å². The van der Waals surface area contributed by atoms with Gasteiger partial charge in [-0.15, -0.1) is 6.58 Å². The lowest BCUT2D eigenvalue weighted by Gasteiger charge is -2.15. The molecule has 82 valence electrons. The first-order chi connectivity index (χ1) is 7.06. The number of ether oxygens (including phenoxy) is 1. The summed E-state index contributed by atoms with van der Waals surface area (Å²) in [4.78, 5) is 0. The maximum absolute atomic E-state index is 13.5. The molecule has 0 aromatic heterocycles. The van der Waals surface area contributed by atoms with Gasteiger partial charge in [0.15, 0.2) is 0 Å². The van der Waals surface area contributed by atoms with E-state index in [9.17, 15) is 9.50 Å². The van der Waals surface area contributed by atoms with Crippen LogP contribution in [0.4, 0.5) is 4.39 Å². The average Bonchev–Trinajstić information content (AvgIpc) is 2.15. The van der Waals surface area contributed by atoms with Gasteiger partial charge in [-0.3, -0.25) is 0 Å². The Kier molecular flexibility index (Phi) is 3.86. The van der Waals surface area contributed by atoms with Crippen molar-refractivity contribution in [3.8, 4) is 5.75 Å². The van der Waals surface area contributed by atoms with E-state index in [1.54, 1.807) is 19.1 Å². The average molecular weight is 210 g/mol. The molecule has 0 radical (unpaired) electrons. The Morgan fingerprint density at radius 1 is 1.60 bits per heavy atom. The Morgan fingerprint density at radius 2 is 2.27 bits per heavy atom. The molecule has 0 heterocycles. The summed E-state index contributed by atoms with van der Waals surface area (Å²) in [6, 6.07) is 4.48. The molecule has 1 aromatic rings. The standard InChI is InChI=1S/C12H15FO2/c1-8(2)7-10(14)12-9(13)5-4-6-11(12)15-3/h4-6,10,14H,1,7H2,2-3H3. The number of hydrogen-bond donors (Lipinski definition) is 1. The summed E-state index contributed by atoms with van der Waals surface area (Å²) in [5, 5.41) is 9.80. The van der Waals surface area contributed by atoms with Crippen LogP contribution in [0.5, 0.6) is 5.75 Å². The van der Waals surface area contributed by atoms with Crippen molar-refractivity contribution in [2.75, 3.05) is 7.11 Å². The van der Waals surface area contributed by atoms with Crippen LogP contribution in [0, 0.1) is 5.82 Å². The maximum atomic E-state index is 13.5. The minimum Gasteiger partial charge on any atom is -0.496 e. The van der Waals surface area contributed by atoms with Crippen molar-refractivity contribution < 1.29 is 14.2 Å². The maximum Gasteiger partial charge on any atom is 0.132 e. The number of aliphatic hydroxyl groups excluding tert-OH is 1. The summed E-state index contributed by atoms with van der Waals surface area (Å²) in [6.07, 6.45) is -0.573. The molecule has 0 fully saturated rings. The molecule has 0 aliphatic carbocycles. The molecule has 0 amide bonds. The fraction of sp³-hybridized carbons (Fsp3) is 0.333. The SMILES string of the molecule is C=C(C)CC(O)c1c(F)cccc1OC. The fourth-order valence-electron chi connectivity index (χ4n) is 1.45. The lowest BCUT2D eigenvalue weighted by molar-refractivity contribution is 0.169. The summed E-state index contributed by atoms with van der Waals surface area (Å²) in [7, 11) is 1.45. The summed E-state index contributed by atoms with van der Waals surface area (Å²) in [5.74, 6) is -0.0909. The third-order valence-electron chi connectivity index (χ3n) is 2.11. The minimum atomic E-state index is -0.904. The van der Waals surface area contributed by atoms with Gasteiger partial charge in [0, 0.05) is 0 Å². The van der Waals surface area contributed by atoms with Crippen LogP contribution in [0.3, 0.4) is 0 Å². The van der Waals surface area contributed by atoms with E-state index in [2.05, 4.69) is 6.58 Å². The lowest BCUT2D eigenvalue weighted by atomic mass is 10.0. The molecule has 3 heteroatoms. The monoisotopic (exact) mass is 210 g/mol. The molecule has 1 atom stereocenters. The Labute approximate surface area is 89.0 Å². The second-order valence-electron chi connectivity index (χ2n) is 3.53. The summed E-state index contributed by atoms with van der Waals surface area (Å²) in [6.45, 7) is 5.47. The fourth-order valence-corrected chi connectivity index (χ4v) is 1.45. The third kappa shape index (κ3) is 2.80. The first kappa shape index (κ1) is 11.7. The molecule has 2 nitrogen and oxygen atoms in total. The van der Waals surface area contributed by atoms with E-state index in [1.807, 2.05) is 0 Å². The topological polar surface area (TPSA) is 29.5 Å². The lowest BCUT2D eigenvalue weighted by Crippen LogP contribution is -2.04. The predicted octanol–water partition coefficient (Wildman–Crippen LogP) is 2.83. The van der Waals surface area contributed by atoms with Gasteiger partial charge in [-0.2, -0.15) is 0 Å². The van der Waals surface area contributed by atoms with E-state index in [4.69, 9.17) is 4.74 Å². The zero-order valence-electron chi connectivity index (χ0n) is 8.96. The van der Waals surface area contributed by atoms with E-state index in [-0.39, 0.29) is 5.56 Å². The van der Waals surface area contributed by atoms with Gasteiger partial charge < -0.3 is 9.84 Å². The molecule has 1 N–H and O–H groups in total. The van der Waals surface area contributed by atoms with Crippen LogP contribution >= 0.6 is 0 Å². The molecular weight excluding hydrogens is 195 g/mol. The molecule has 0 aliphatic rings. The van der Waals surface area contributed by atoms with Gasteiger partial charge in [0.2, 0.25) is 0 Å². The van der Waals surface area contributed by atoms with Gasteiger partial charge in [-0.05, 0) is 25.5 Å². The van der Waals surface area contributed by atoms with E-state index in [0.29, 0.717) is 12.2 Å². The van der Waals surface area contributed by atoms with Crippen LogP contribution in [-0.2, 0) is 0 Å². The number of halogens is 1. The van der Waals surface area contributed by atoms with Gasteiger partial charge in [0.05, 0.1) is 18.8 Å². The van der Waals surface area contributed by atoms with Gasteiger partial charge in [0.25, 0.3) is 0 Å². The first-order valence-corrected chi connectivity index (χ1v) is 4.71. The summed E-state index contributed by atoms with van der Waals surface area (Å²) in [5.41, 5.74) is 0.996. The highest BCUT2D eigenvalue weighted by atomic mass is 19.1. The molecule has 0 saturated carbocycles. The Bertz CT molecular complexity index is 361. The highest BCUT2D eigenvalue weighted by Crippen LogP contribution is 2.30. The van der Waals surface area contributed by atoms with Crippen LogP contribution in [0.2, 0.25) is 0 Å². The molecule has 1 unspecified atom stereocenters. The van der Waals surface area contributed by atoms with Gasteiger partial charge >= 0.3 is 0 Å². The van der Waals surface area contributed by atoms with Crippen LogP contribution in [0.1, 0.15) is 25.0 Å². The van der Waals surface area contributed by atoms with Crippen molar-refractivity contribution in [1.82, 2.24) is 0 Å². The predicted molar refractivity (Wildman–Crippen MR) is 57.3 cm³/mol. The van der Waals surface area contributed by atoms with Crippen molar-refractivity contribution in [1.29, 1.82) is 0 Å². The van der Waals surface area contributed by atoms with E-state index in [0.717, 1.165) is 5.57 Å². The van der Waals surface area contributed by atoms with Gasteiger partial charge in [-0.1, -0.05) is 11.6 Å². The van der Waals surface area contributed by atoms with E-state index >= 15 is 0 Å². The first-order valence-electron chi connectivity index (χ1n) is 4.71. The number of hydrogen-bond acceptors (Lipinski definition) is 2. The summed E-state index contributed by atoms with van der Waals surface area (Å²) < 4.78 is 18.5. The number of benzene rings is 1. The zero-order valence-corrected chi connectivity index (χ0v) is 8.96. The Hall–Kier alpha value is -1.35. The molecule has 0 spiro atoms. The molecule has 15 heavy (non-hydrogen) atoms. The Balaban J connectivity index is 3.05. The van der Waals surface area contributed by atoms with Crippen molar-refractivity contribution in [2.24, 2.45) is 0 Å². The molecule has 1 rings (SSSR count). The zero-order chi connectivity index (χ0) is 11.4. The van der Waals surface area contributed by atoms with Crippen molar-refractivity contribution in [2.45, 2.75) is 19.4 Å². The molecule has 0 bridgehead atoms. The van der Waals surface area contributed by atoms with Gasteiger partial charge in [0.1, 0.15) is 11.6 Å². The van der Waals surface area contributed by atoms with Crippen LogP contribution in [0.25, 0.3) is 0 Å². The molecule has 0 saturated heterocycles. The van der Waals surface area contributed by atoms with E-state index in [1.165, 1.54) is 13.2 Å². The Morgan fingerprint density at radius 3 is 2.80 bits per heavy atom. The third-order valence-corrected chi connectivity index (χ3v) is 2.11. The smallest absolute Gasteiger partial charge is 0.132 e. The van der Waals surface area contributed by atoms with Crippen LogP contribution in [0.15, 0.2) is 30.4 Å². The van der Waals surface area contributed by atoms with Crippen molar-refractivity contribution in [3.63, 3.8) is 0 Å². The van der Waals surface area contributed by atoms with Gasteiger partial charge in [-0.25, -0.2) is 4.39 Å². The van der Waals surface area contributed by atoms with Crippen molar-refractivity contribution in [3.05, 3.63) is 41.7 Å². The van der Waals surface area contributed by atoms with Crippen LogP contribution in [-0.4, -0.2) is 12.2 Å².